The highest BCUT2D eigenvalue weighted by molar-refractivity contribution is 5.95. The van der Waals surface area contributed by atoms with Crippen LogP contribution in [0, 0.1) is 0 Å². The second kappa shape index (κ2) is 8.57. The third kappa shape index (κ3) is 4.74. The van der Waals surface area contributed by atoms with E-state index in [1.54, 1.807) is 19.2 Å². The molecular formula is C18H20N2O4. The van der Waals surface area contributed by atoms with Crippen LogP contribution in [0.3, 0.4) is 0 Å². The van der Waals surface area contributed by atoms with Crippen molar-refractivity contribution in [3.8, 4) is 17.2 Å². The van der Waals surface area contributed by atoms with Crippen molar-refractivity contribution >= 4 is 12.1 Å². The highest BCUT2D eigenvalue weighted by Gasteiger charge is 2.06. The standard InChI is InChI=1S/C18H20N2O4/c1-3-10-24-17-11-13(4-9-16(17)23-2)12-19-20-18(22)14-5-7-15(21)8-6-14/h4-9,11-12,21H,3,10H2,1-2H3,(H,20,22)/b19-12-. The molecule has 0 radical (unpaired) electrons. The largest absolute Gasteiger partial charge is 0.508 e. The third-order valence-electron chi connectivity index (χ3n) is 3.16. The van der Waals surface area contributed by atoms with Gasteiger partial charge in [-0.25, -0.2) is 5.43 Å². The Morgan fingerprint density at radius 2 is 1.96 bits per heavy atom. The monoisotopic (exact) mass is 328 g/mol. The van der Waals surface area contributed by atoms with Crippen LogP contribution in [0.4, 0.5) is 0 Å². The highest BCUT2D eigenvalue weighted by Crippen LogP contribution is 2.27. The lowest BCUT2D eigenvalue weighted by molar-refractivity contribution is 0.0955. The molecule has 0 aliphatic rings. The molecule has 0 bridgehead atoms. The van der Waals surface area contributed by atoms with E-state index >= 15 is 0 Å². The Kier molecular flexibility index (Phi) is 6.19. The number of hydrazone groups is 1. The highest BCUT2D eigenvalue weighted by atomic mass is 16.5. The van der Waals surface area contributed by atoms with E-state index in [0.29, 0.717) is 23.7 Å². The van der Waals surface area contributed by atoms with E-state index in [0.717, 1.165) is 12.0 Å². The van der Waals surface area contributed by atoms with E-state index in [1.165, 1.54) is 30.5 Å². The Hall–Kier alpha value is -3.02. The average Bonchev–Trinajstić information content (AvgIpc) is 2.60. The molecule has 0 aliphatic heterocycles. The van der Waals surface area contributed by atoms with Crippen LogP contribution in [0.25, 0.3) is 0 Å². The molecule has 6 heteroatoms. The maximum Gasteiger partial charge on any atom is 0.271 e. The molecule has 0 heterocycles. The lowest BCUT2D eigenvalue weighted by atomic mass is 10.2. The molecule has 6 nitrogen and oxygen atoms in total. The number of methoxy groups -OCH3 is 1. The van der Waals surface area contributed by atoms with Gasteiger partial charge >= 0.3 is 0 Å². The molecule has 2 aromatic rings. The first-order valence-corrected chi connectivity index (χ1v) is 7.57. The second-order valence-electron chi connectivity index (χ2n) is 5.00. The van der Waals surface area contributed by atoms with Gasteiger partial charge in [-0.15, -0.1) is 0 Å². The van der Waals surface area contributed by atoms with Crippen molar-refractivity contribution in [2.75, 3.05) is 13.7 Å². The number of nitrogens with zero attached hydrogens (tertiary/aromatic N) is 1. The Balaban J connectivity index is 2.03. The Morgan fingerprint density at radius 1 is 1.21 bits per heavy atom. The van der Waals surface area contributed by atoms with Crippen LogP contribution in [0.1, 0.15) is 29.3 Å². The molecule has 2 rings (SSSR count). The van der Waals surface area contributed by atoms with Gasteiger partial charge < -0.3 is 14.6 Å². The summed E-state index contributed by atoms with van der Waals surface area (Å²) in [5, 5.41) is 13.1. The van der Waals surface area contributed by atoms with E-state index in [1.807, 2.05) is 13.0 Å². The first-order valence-electron chi connectivity index (χ1n) is 7.57. The fourth-order valence-electron chi connectivity index (χ4n) is 1.94. The number of aromatic hydroxyl groups is 1. The summed E-state index contributed by atoms with van der Waals surface area (Å²) in [4.78, 5) is 11.9. The number of carbonyl (C=O) groups excluding carboxylic acids is 1. The molecule has 0 spiro atoms. The summed E-state index contributed by atoms with van der Waals surface area (Å²) in [5.41, 5.74) is 3.62. The number of phenols is 1. The quantitative estimate of drug-likeness (QED) is 0.605. The molecule has 0 unspecified atom stereocenters. The Bertz CT molecular complexity index is 711. The summed E-state index contributed by atoms with van der Waals surface area (Å²) in [6.45, 7) is 2.62. The zero-order valence-electron chi connectivity index (χ0n) is 13.7. The molecule has 24 heavy (non-hydrogen) atoms. The minimum atomic E-state index is -0.359. The molecule has 0 aliphatic carbocycles. The number of ether oxygens (including phenoxy) is 2. The van der Waals surface area contributed by atoms with Gasteiger partial charge in [-0.05, 0) is 54.4 Å². The van der Waals surface area contributed by atoms with Gasteiger partial charge in [0, 0.05) is 5.56 Å². The van der Waals surface area contributed by atoms with Crippen LogP contribution < -0.4 is 14.9 Å². The van der Waals surface area contributed by atoms with Crippen molar-refractivity contribution in [2.45, 2.75) is 13.3 Å². The van der Waals surface area contributed by atoms with Gasteiger partial charge in [0.05, 0.1) is 19.9 Å². The summed E-state index contributed by atoms with van der Waals surface area (Å²) in [6, 6.07) is 11.3. The fraction of sp³-hybridized carbons (Fsp3) is 0.222. The van der Waals surface area contributed by atoms with E-state index in [4.69, 9.17) is 9.47 Å². The van der Waals surface area contributed by atoms with Crippen LogP contribution in [0.5, 0.6) is 17.2 Å². The van der Waals surface area contributed by atoms with Crippen molar-refractivity contribution in [1.82, 2.24) is 5.43 Å². The first-order chi connectivity index (χ1) is 11.6. The van der Waals surface area contributed by atoms with Gasteiger partial charge in [-0.3, -0.25) is 4.79 Å². The summed E-state index contributed by atoms with van der Waals surface area (Å²) in [7, 11) is 1.58. The van der Waals surface area contributed by atoms with Gasteiger partial charge in [0.1, 0.15) is 5.75 Å². The van der Waals surface area contributed by atoms with Crippen molar-refractivity contribution in [3.05, 3.63) is 53.6 Å². The molecule has 0 saturated carbocycles. The average molecular weight is 328 g/mol. The van der Waals surface area contributed by atoms with Crippen molar-refractivity contribution < 1.29 is 19.4 Å². The summed E-state index contributed by atoms with van der Waals surface area (Å²) in [5.74, 6) is 1.03. The number of rotatable bonds is 7. The SMILES string of the molecule is CCCOc1cc(/C=N\NC(=O)c2ccc(O)cc2)ccc1OC. The van der Waals surface area contributed by atoms with Crippen LogP contribution >= 0.6 is 0 Å². The van der Waals surface area contributed by atoms with E-state index in [9.17, 15) is 9.90 Å². The number of amides is 1. The van der Waals surface area contributed by atoms with E-state index < -0.39 is 0 Å². The van der Waals surface area contributed by atoms with Gasteiger partial charge in [-0.1, -0.05) is 6.92 Å². The lowest BCUT2D eigenvalue weighted by Crippen LogP contribution is -2.17. The van der Waals surface area contributed by atoms with Crippen LogP contribution in [-0.4, -0.2) is 30.9 Å². The van der Waals surface area contributed by atoms with E-state index in [-0.39, 0.29) is 11.7 Å². The Labute approximate surface area is 140 Å². The molecular weight excluding hydrogens is 308 g/mol. The summed E-state index contributed by atoms with van der Waals surface area (Å²) in [6.07, 6.45) is 2.42. The molecule has 126 valence electrons. The zero-order valence-corrected chi connectivity index (χ0v) is 13.7. The van der Waals surface area contributed by atoms with Gasteiger partial charge in [0.25, 0.3) is 5.91 Å². The number of nitrogens with one attached hydrogen (secondary N) is 1. The van der Waals surface area contributed by atoms with Crippen molar-refractivity contribution in [2.24, 2.45) is 5.10 Å². The van der Waals surface area contributed by atoms with Gasteiger partial charge in [0.15, 0.2) is 11.5 Å². The maximum atomic E-state index is 11.9. The fourth-order valence-corrected chi connectivity index (χ4v) is 1.94. The minimum absolute atomic E-state index is 0.105. The molecule has 0 aromatic heterocycles. The predicted octanol–water partition coefficient (Wildman–Crippen LogP) is 2.95. The minimum Gasteiger partial charge on any atom is -0.508 e. The summed E-state index contributed by atoms with van der Waals surface area (Å²) >= 11 is 0. The molecule has 0 fully saturated rings. The molecule has 0 saturated heterocycles. The molecule has 0 atom stereocenters. The third-order valence-corrected chi connectivity index (χ3v) is 3.16. The van der Waals surface area contributed by atoms with Gasteiger partial charge in [-0.2, -0.15) is 5.10 Å². The zero-order chi connectivity index (χ0) is 17.4. The number of benzene rings is 2. The molecule has 1 amide bonds. The van der Waals surface area contributed by atoms with Crippen LogP contribution in [0.2, 0.25) is 0 Å². The maximum absolute atomic E-state index is 11.9. The van der Waals surface area contributed by atoms with Crippen molar-refractivity contribution in [1.29, 1.82) is 0 Å². The number of phenolic OH excluding ortho intramolecular Hbond substituents is 1. The first kappa shape index (κ1) is 17.3. The second-order valence-corrected chi connectivity index (χ2v) is 5.00. The predicted molar refractivity (Wildman–Crippen MR) is 91.9 cm³/mol. The summed E-state index contributed by atoms with van der Waals surface area (Å²) < 4.78 is 10.9. The lowest BCUT2D eigenvalue weighted by Gasteiger charge is -2.10. The smallest absolute Gasteiger partial charge is 0.271 e. The Morgan fingerprint density at radius 3 is 2.62 bits per heavy atom. The van der Waals surface area contributed by atoms with Crippen molar-refractivity contribution in [3.63, 3.8) is 0 Å². The normalized spacial score (nSPS) is 10.6. The topological polar surface area (TPSA) is 80.2 Å². The van der Waals surface area contributed by atoms with E-state index in [2.05, 4.69) is 10.5 Å². The molecule has 2 N–H and O–H groups in total. The molecule has 2 aromatic carbocycles. The number of hydrogen-bond donors (Lipinski definition) is 2. The van der Waals surface area contributed by atoms with Crippen LogP contribution in [-0.2, 0) is 0 Å². The number of hydrogen-bond acceptors (Lipinski definition) is 5. The van der Waals surface area contributed by atoms with Gasteiger partial charge in [0.2, 0.25) is 0 Å². The number of carbonyl (C=O) groups is 1. The van der Waals surface area contributed by atoms with Crippen LogP contribution in [0.15, 0.2) is 47.6 Å².